The van der Waals surface area contributed by atoms with Crippen molar-refractivity contribution >= 4 is 15.8 Å². The van der Waals surface area contributed by atoms with E-state index in [0.29, 0.717) is 5.56 Å². The maximum absolute atomic E-state index is 14.8. The molecule has 4 nitrogen and oxygen atoms in total. The molecule has 144 valence electrons. The minimum absolute atomic E-state index is 0.0284. The van der Waals surface area contributed by atoms with E-state index in [0.717, 1.165) is 11.6 Å². The molecule has 0 radical (unpaired) electrons. The van der Waals surface area contributed by atoms with Gasteiger partial charge in [0.1, 0.15) is 11.6 Å². The Morgan fingerprint density at radius 2 is 1.68 bits per heavy atom. The summed E-state index contributed by atoms with van der Waals surface area (Å²) < 4.78 is 55.7. The van der Waals surface area contributed by atoms with Gasteiger partial charge in [0.25, 0.3) is 0 Å². The molecule has 3 aromatic carbocycles. The van der Waals surface area contributed by atoms with Gasteiger partial charge in [0.2, 0.25) is 10.0 Å². The molecule has 28 heavy (non-hydrogen) atoms. The number of carbonyl (C=O) groups excluding carboxylic acids is 1. The third-order valence-electron chi connectivity index (χ3n) is 4.18. The summed E-state index contributed by atoms with van der Waals surface area (Å²) >= 11 is 0. The molecule has 1 N–H and O–H groups in total. The van der Waals surface area contributed by atoms with E-state index in [4.69, 9.17) is 0 Å². The first kappa shape index (κ1) is 19.9. The zero-order valence-corrected chi connectivity index (χ0v) is 15.8. The van der Waals surface area contributed by atoms with Gasteiger partial charge >= 0.3 is 0 Å². The molecule has 0 atom stereocenters. The van der Waals surface area contributed by atoms with Crippen LogP contribution in [0.3, 0.4) is 0 Å². The van der Waals surface area contributed by atoms with Gasteiger partial charge in [-0.05, 0) is 42.3 Å². The monoisotopic (exact) mass is 401 g/mol. The first-order valence-corrected chi connectivity index (χ1v) is 9.91. The number of nitrogens with one attached hydrogen (secondary N) is 1. The van der Waals surface area contributed by atoms with Crippen molar-refractivity contribution in [2.45, 2.75) is 11.8 Å². The van der Waals surface area contributed by atoms with E-state index < -0.39 is 39.5 Å². The van der Waals surface area contributed by atoms with Crippen molar-refractivity contribution in [3.63, 3.8) is 0 Å². The number of halogens is 2. The Kier molecular flexibility index (Phi) is 5.67. The maximum Gasteiger partial charge on any atom is 0.240 e. The van der Waals surface area contributed by atoms with Crippen molar-refractivity contribution in [2.75, 3.05) is 6.54 Å². The fourth-order valence-corrected chi connectivity index (χ4v) is 3.85. The number of hydrogen-bond donors (Lipinski definition) is 1. The zero-order chi connectivity index (χ0) is 20.3. The Balaban J connectivity index is 1.87. The van der Waals surface area contributed by atoms with Crippen molar-refractivity contribution in [3.8, 4) is 11.1 Å². The predicted octanol–water partition coefficient (Wildman–Crippen LogP) is 4.10. The topological polar surface area (TPSA) is 63.2 Å². The number of rotatable bonds is 6. The highest BCUT2D eigenvalue weighted by atomic mass is 32.2. The molecule has 3 rings (SSSR count). The van der Waals surface area contributed by atoms with Gasteiger partial charge in [-0.2, -0.15) is 0 Å². The lowest BCUT2D eigenvalue weighted by molar-refractivity contribution is 0.0989. The van der Waals surface area contributed by atoms with Gasteiger partial charge in [-0.15, -0.1) is 0 Å². The van der Waals surface area contributed by atoms with Crippen LogP contribution < -0.4 is 4.72 Å². The molecule has 7 heteroatoms. The van der Waals surface area contributed by atoms with E-state index in [1.165, 1.54) is 18.2 Å². The Hall–Kier alpha value is -2.90. The van der Waals surface area contributed by atoms with Crippen LogP contribution in [0.15, 0.2) is 71.6 Å². The highest BCUT2D eigenvalue weighted by Gasteiger charge is 2.23. The van der Waals surface area contributed by atoms with E-state index in [2.05, 4.69) is 4.72 Å². The summed E-state index contributed by atoms with van der Waals surface area (Å²) in [5.74, 6) is -3.06. The number of Topliss-reactive ketones (excluding diaryl/α,β-unsaturated/α-hetero) is 1. The molecule has 0 aliphatic carbocycles. The van der Waals surface area contributed by atoms with E-state index in [-0.39, 0.29) is 10.5 Å². The molecule has 0 saturated carbocycles. The summed E-state index contributed by atoms with van der Waals surface area (Å²) in [4.78, 5) is 12.4. The standard InChI is InChI=1S/C21H17F2NO3S/c1-14-6-5-9-16(12-14)28(26,27)24-13-19(25)20-18(22)11-10-17(21(20)23)15-7-3-2-4-8-15/h2-12,24H,13H2,1H3. The van der Waals surface area contributed by atoms with Crippen LogP contribution in [0.5, 0.6) is 0 Å². The molecule has 0 aliphatic rings. The second-order valence-electron chi connectivity index (χ2n) is 6.21. The lowest BCUT2D eigenvalue weighted by Crippen LogP contribution is -2.30. The van der Waals surface area contributed by atoms with Crippen molar-refractivity contribution in [1.82, 2.24) is 4.72 Å². The van der Waals surface area contributed by atoms with Gasteiger partial charge in [-0.3, -0.25) is 4.79 Å². The largest absolute Gasteiger partial charge is 0.292 e. The molecule has 0 saturated heterocycles. The molecule has 0 aromatic heterocycles. The smallest absolute Gasteiger partial charge is 0.240 e. The Morgan fingerprint density at radius 1 is 0.964 bits per heavy atom. The minimum atomic E-state index is -3.99. The molecule has 0 fully saturated rings. The quantitative estimate of drug-likeness (QED) is 0.633. The van der Waals surface area contributed by atoms with Crippen LogP contribution in [0.4, 0.5) is 8.78 Å². The normalized spacial score (nSPS) is 11.4. The van der Waals surface area contributed by atoms with Crippen LogP contribution in [-0.2, 0) is 10.0 Å². The highest BCUT2D eigenvalue weighted by Crippen LogP contribution is 2.27. The maximum atomic E-state index is 14.8. The SMILES string of the molecule is Cc1cccc(S(=O)(=O)NCC(=O)c2c(F)ccc(-c3ccccc3)c2F)c1. The van der Waals surface area contributed by atoms with Crippen LogP contribution in [0.25, 0.3) is 11.1 Å². The number of aryl methyl sites for hydroxylation is 1. The number of carbonyl (C=O) groups is 1. The average molecular weight is 401 g/mol. The van der Waals surface area contributed by atoms with Gasteiger partial charge in [0, 0.05) is 5.56 Å². The van der Waals surface area contributed by atoms with Crippen LogP contribution in [-0.4, -0.2) is 20.7 Å². The molecular weight excluding hydrogens is 384 g/mol. The Labute approximate surface area is 161 Å². The number of ketones is 1. The summed E-state index contributed by atoms with van der Waals surface area (Å²) in [5, 5.41) is 0. The molecule has 0 unspecified atom stereocenters. The molecule has 0 aliphatic heterocycles. The second-order valence-corrected chi connectivity index (χ2v) is 7.98. The fourth-order valence-electron chi connectivity index (χ4n) is 2.76. The van der Waals surface area contributed by atoms with Gasteiger partial charge in [-0.25, -0.2) is 21.9 Å². The van der Waals surface area contributed by atoms with Crippen LogP contribution in [0.1, 0.15) is 15.9 Å². The molecule has 0 bridgehead atoms. The van der Waals surface area contributed by atoms with Crippen molar-refractivity contribution < 1.29 is 22.0 Å². The third kappa shape index (κ3) is 4.16. The van der Waals surface area contributed by atoms with E-state index in [1.54, 1.807) is 49.4 Å². The van der Waals surface area contributed by atoms with Gasteiger partial charge in [0.15, 0.2) is 5.78 Å². The molecular formula is C21H17F2NO3S. The van der Waals surface area contributed by atoms with Crippen LogP contribution >= 0.6 is 0 Å². The van der Waals surface area contributed by atoms with Gasteiger partial charge in [-0.1, -0.05) is 42.5 Å². The summed E-state index contributed by atoms with van der Waals surface area (Å²) in [6.07, 6.45) is 0. The Morgan fingerprint density at radius 3 is 2.36 bits per heavy atom. The predicted molar refractivity (Wildman–Crippen MR) is 102 cm³/mol. The molecule has 0 heterocycles. The first-order chi connectivity index (χ1) is 13.3. The fraction of sp³-hybridized carbons (Fsp3) is 0.0952. The number of benzene rings is 3. The van der Waals surface area contributed by atoms with Gasteiger partial charge < -0.3 is 0 Å². The first-order valence-electron chi connectivity index (χ1n) is 8.42. The van der Waals surface area contributed by atoms with E-state index in [1.807, 2.05) is 0 Å². The molecule has 0 amide bonds. The van der Waals surface area contributed by atoms with Crippen molar-refractivity contribution in [2.24, 2.45) is 0 Å². The summed E-state index contributed by atoms with van der Waals surface area (Å²) in [6, 6.07) is 16.7. The number of hydrogen-bond acceptors (Lipinski definition) is 3. The number of sulfonamides is 1. The summed E-state index contributed by atoms with van der Waals surface area (Å²) in [6.45, 7) is 0.965. The molecule has 0 spiro atoms. The lowest BCUT2D eigenvalue weighted by atomic mass is 9.99. The van der Waals surface area contributed by atoms with E-state index >= 15 is 0 Å². The van der Waals surface area contributed by atoms with E-state index in [9.17, 15) is 22.0 Å². The summed E-state index contributed by atoms with van der Waals surface area (Å²) in [5.41, 5.74) is 0.497. The summed E-state index contributed by atoms with van der Waals surface area (Å²) in [7, 11) is -3.99. The van der Waals surface area contributed by atoms with Crippen molar-refractivity contribution in [1.29, 1.82) is 0 Å². The highest BCUT2D eigenvalue weighted by molar-refractivity contribution is 7.89. The zero-order valence-electron chi connectivity index (χ0n) is 14.9. The minimum Gasteiger partial charge on any atom is -0.292 e. The second kappa shape index (κ2) is 8.00. The Bertz CT molecular complexity index is 1130. The lowest BCUT2D eigenvalue weighted by Gasteiger charge is -2.11. The molecule has 3 aromatic rings. The third-order valence-corrected chi connectivity index (χ3v) is 5.58. The van der Waals surface area contributed by atoms with Crippen LogP contribution in [0, 0.1) is 18.6 Å². The van der Waals surface area contributed by atoms with Gasteiger partial charge in [0.05, 0.1) is 17.0 Å². The van der Waals surface area contributed by atoms with Crippen LogP contribution in [0.2, 0.25) is 0 Å². The average Bonchev–Trinajstić information content (AvgIpc) is 2.67. The van der Waals surface area contributed by atoms with Crippen molar-refractivity contribution in [3.05, 3.63) is 89.5 Å².